The molecule has 0 saturated carbocycles. The van der Waals surface area contributed by atoms with Crippen LogP contribution < -0.4 is 5.32 Å². The van der Waals surface area contributed by atoms with Gasteiger partial charge >= 0.3 is 0 Å². The Balaban J connectivity index is 2.66. The van der Waals surface area contributed by atoms with E-state index in [9.17, 15) is 13.2 Å². The molecule has 0 radical (unpaired) electrons. The van der Waals surface area contributed by atoms with Crippen LogP contribution in [0.2, 0.25) is 0 Å². The summed E-state index contributed by atoms with van der Waals surface area (Å²) in [6.07, 6.45) is 1.23. The van der Waals surface area contributed by atoms with Gasteiger partial charge < -0.3 is 5.32 Å². The number of alkyl halides is 2. The van der Waals surface area contributed by atoms with Gasteiger partial charge in [-0.2, -0.15) is 0 Å². The zero-order chi connectivity index (χ0) is 13.1. The third-order valence-electron chi connectivity index (χ3n) is 3.18. The summed E-state index contributed by atoms with van der Waals surface area (Å²) in [6, 6.07) is 0. The first-order valence-electron chi connectivity index (χ1n) is 5.52. The standard InChI is InChI=1S/C10H17Br2NO3S/c1-2-10(6-11,7-12)13-9(14)8-3-4-17(15,16)5-8/h8H,2-7H2,1H3,(H,13,14). The zero-order valence-electron chi connectivity index (χ0n) is 9.71. The van der Waals surface area contributed by atoms with E-state index in [2.05, 4.69) is 37.2 Å². The van der Waals surface area contributed by atoms with Crippen LogP contribution in [0, 0.1) is 5.92 Å². The lowest BCUT2D eigenvalue weighted by atomic mass is 9.99. The van der Waals surface area contributed by atoms with Gasteiger partial charge in [0, 0.05) is 10.7 Å². The summed E-state index contributed by atoms with van der Waals surface area (Å²) in [5.41, 5.74) is -0.330. The molecule has 0 bridgehead atoms. The van der Waals surface area contributed by atoms with Gasteiger partial charge in [0.05, 0.1) is 23.0 Å². The number of carbonyl (C=O) groups is 1. The molecule has 0 aliphatic carbocycles. The number of sulfone groups is 1. The number of carbonyl (C=O) groups excluding carboxylic acids is 1. The van der Waals surface area contributed by atoms with Crippen molar-refractivity contribution in [2.75, 3.05) is 22.2 Å². The number of nitrogens with one attached hydrogen (secondary N) is 1. The third-order valence-corrected chi connectivity index (χ3v) is 7.09. The van der Waals surface area contributed by atoms with Crippen LogP contribution in [0.3, 0.4) is 0 Å². The van der Waals surface area contributed by atoms with E-state index in [4.69, 9.17) is 0 Å². The monoisotopic (exact) mass is 389 g/mol. The van der Waals surface area contributed by atoms with Crippen LogP contribution in [0.1, 0.15) is 19.8 Å². The van der Waals surface area contributed by atoms with Crippen LogP contribution in [-0.2, 0) is 14.6 Å². The zero-order valence-corrected chi connectivity index (χ0v) is 13.7. The predicted molar refractivity (Wildman–Crippen MR) is 75.5 cm³/mol. The molecule has 17 heavy (non-hydrogen) atoms. The highest BCUT2D eigenvalue weighted by Crippen LogP contribution is 2.22. The number of halogens is 2. The van der Waals surface area contributed by atoms with Crippen LogP contribution in [0.4, 0.5) is 0 Å². The minimum atomic E-state index is -3.00. The van der Waals surface area contributed by atoms with E-state index in [-0.39, 0.29) is 28.9 Å². The number of hydrogen-bond acceptors (Lipinski definition) is 3. The minimum absolute atomic E-state index is 0.0107. The van der Waals surface area contributed by atoms with Crippen molar-refractivity contribution < 1.29 is 13.2 Å². The maximum absolute atomic E-state index is 12.0. The summed E-state index contributed by atoms with van der Waals surface area (Å²) in [7, 11) is -3.00. The maximum atomic E-state index is 12.0. The molecule has 100 valence electrons. The lowest BCUT2D eigenvalue weighted by Crippen LogP contribution is -2.53. The fourth-order valence-corrected chi connectivity index (χ4v) is 5.49. The predicted octanol–water partition coefficient (Wildman–Crippen LogP) is 1.48. The molecule has 4 nitrogen and oxygen atoms in total. The average molecular weight is 391 g/mol. The van der Waals surface area contributed by atoms with Crippen molar-refractivity contribution in [3.63, 3.8) is 0 Å². The fourth-order valence-electron chi connectivity index (χ4n) is 1.75. The van der Waals surface area contributed by atoms with Crippen LogP contribution >= 0.6 is 31.9 Å². The van der Waals surface area contributed by atoms with E-state index < -0.39 is 9.84 Å². The van der Waals surface area contributed by atoms with Gasteiger partial charge in [-0.05, 0) is 12.8 Å². The summed E-state index contributed by atoms with van der Waals surface area (Å²) >= 11 is 6.78. The lowest BCUT2D eigenvalue weighted by Gasteiger charge is -2.31. The molecule has 1 unspecified atom stereocenters. The minimum Gasteiger partial charge on any atom is -0.349 e. The largest absolute Gasteiger partial charge is 0.349 e. The van der Waals surface area contributed by atoms with Gasteiger partial charge in [0.25, 0.3) is 0 Å². The van der Waals surface area contributed by atoms with E-state index in [0.717, 1.165) is 6.42 Å². The van der Waals surface area contributed by atoms with E-state index >= 15 is 0 Å². The van der Waals surface area contributed by atoms with E-state index in [1.54, 1.807) is 0 Å². The molecule has 1 rings (SSSR count). The topological polar surface area (TPSA) is 63.2 Å². The Kier molecular flexibility index (Phi) is 5.46. The molecule has 1 amide bonds. The number of amides is 1. The van der Waals surface area contributed by atoms with Crippen LogP contribution in [0.25, 0.3) is 0 Å². The highest BCUT2D eigenvalue weighted by molar-refractivity contribution is 9.09. The van der Waals surface area contributed by atoms with Gasteiger partial charge in [0.15, 0.2) is 9.84 Å². The first-order valence-corrected chi connectivity index (χ1v) is 9.59. The van der Waals surface area contributed by atoms with Crippen LogP contribution in [0.5, 0.6) is 0 Å². The molecule has 1 heterocycles. The van der Waals surface area contributed by atoms with E-state index in [1.807, 2.05) is 6.92 Å². The molecule has 1 fully saturated rings. The highest BCUT2D eigenvalue weighted by atomic mass is 79.9. The molecule has 0 aromatic rings. The van der Waals surface area contributed by atoms with E-state index in [0.29, 0.717) is 17.1 Å². The lowest BCUT2D eigenvalue weighted by molar-refractivity contribution is -0.125. The molecule has 1 saturated heterocycles. The van der Waals surface area contributed by atoms with Crippen molar-refractivity contribution in [2.24, 2.45) is 5.92 Å². The second-order valence-electron chi connectivity index (χ2n) is 4.49. The highest BCUT2D eigenvalue weighted by Gasteiger charge is 2.36. The van der Waals surface area contributed by atoms with Crippen molar-refractivity contribution in [2.45, 2.75) is 25.3 Å². The van der Waals surface area contributed by atoms with Gasteiger partial charge in [-0.15, -0.1) is 0 Å². The smallest absolute Gasteiger partial charge is 0.224 e. The first-order chi connectivity index (χ1) is 7.88. The van der Waals surface area contributed by atoms with Crippen molar-refractivity contribution >= 4 is 47.6 Å². The Morgan fingerprint density at radius 2 is 2.00 bits per heavy atom. The van der Waals surface area contributed by atoms with Gasteiger partial charge in [-0.3, -0.25) is 4.79 Å². The molecule has 1 atom stereocenters. The maximum Gasteiger partial charge on any atom is 0.224 e. The second-order valence-corrected chi connectivity index (χ2v) is 7.84. The quantitative estimate of drug-likeness (QED) is 0.723. The van der Waals surface area contributed by atoms with Gasteiger partial charge in [0.1, 0.15) is 0 Å². The molecule has 0 aromatic carbocycles. The van der Waals surface area contributed by atoms with Crippen molar-refractivity contribution in [3.8, 4) is 0 Å². The Bertz CT molecular complexity index is 371. The van der Waals surface area contributed by atoms with Gasteiger partial charge in [-0.25, -0.2) is 8.42 Å². The summed E-state index contributed by atoms with van der Waals surface area (Å²) in [5.74, 6) is -0.411. The Hall–Kier alpha value is 0.380. The Morgan fingerprint density at radius 3 is 2.35 bits per heavy atom. The average Bonchev–Trinajstić information content (AvgIpc) is 2.67. The summed E-state index contributed by atoms with van der Waals surface area (Å²) < 4.78 is 22.6. The molecule has 1 aliphatic rings. The number of rotatable bonds is 5. The first kappa shape index (κ1) is 15.4. The Labute approximate surface area is 119 Å². The van der Waals surface area contributed by atoms with Crippen molar-refractivity contribution in [3.05, 3.63) is 0 Å². The normalized spacial score (nSPS) is 23.6. The molecular weight excluding hydrogens is 374 g/mol. The fraction of sp³-hybridized carbons (Fsp3) is 0.900. The number of hydrogen-bond donors (Lipinski definition) is 1. The molecule has 7 heteroatoms. The molecule has 0 spiro atoms. The Morgan fingerprint density at radius 1 is 1.41 bits per heavy atom. The van der Waals surface area contributed by atoms with Crippen LogP contribution in [0.15, 0.2) is 0 Å². The molecule has 1 N–H and O–H groups in total. The molecule has 1 aliphatic heterocycles. The third kappa shape index (κ3) is 3.92. The van der Waals surface area contributed by atoms with E-state index in [1.165, 1.54) is 0 Å². The summed E-state index contributed by atoms with van der Waals surface area (Å²) in [4.78, 5) is 12.0. The van der Waals surface area contributed by atoms with Gasteiger partial charge in [-0.1, -0.05) is 38.8 Å². The van der Waals surface area contributed by atoms with Crippen molar-refractivity contribution in [1.29, 1.82) is 0 Å². The molecular formula is C10H17Br2NO3S. The summed E-state index contributed by atoms with van der Waals surface area (Å²) in [5, 5.41) is 4.25. The summed E-state index contributed by atoms with van der Waals surface area (Å²) in [6.45, 7) is 1.99. The SMILES string of the molecule is CCC(CBr)(CBr)NC(=O)C1CCS(=O)(=O)C1. The second kappa shape index (κ2) is 6.02. The van der Waals surface area contributed by atoms with Crippen LogP contribution in [-0.4, -0.2) is 42.0 Å². The molecule has 0 aromatic heterocycles. The van der Waals surface area contributed by atoms with Gasteiger partial charge in [0.2, 0.25) is 5.91 Å². The van der Waals surface area contributed by atoms with Crippen molar-refractivity contribution in [1.82, 2.24) is 5.32 Å².